The number of benzene rings is 2. The first-order valence-electron chi connectivity index (χ1n) is 8.51. The Morgan fingerprint density at radius 3 is 2.37 bits per heavy atom. The predicted molar refractivity (Wildman–Crippen MR) is 99.0 cm³/mol. The summed E-state index contributed by atoms with van der Waals surface area (Å²) >= 11 is 0. The molecule has 1 atom stereocenters. The lowest BCUT2D eigenvalue weighted by Crippen LogP contribution is -2.41. The van der Waals surface area contributed by atoms with Crippen molar-refractivity contribution in [1.82, 2.24) is 10.2 Å². The van der Waals surface area contributed by atoms with Crippen LogP contribution in [0.5, 0.6) is 0 Å². The fourth-order valence-corrected chi connectivity index (χ4v) is 3.06. The number of carbonyl (C=O) groups is 3. The average Bonchev–Trinajstić information content (AvgIpc) is 2.88. The van der Waals surface area contributed by atoms with E-state index in [-0.39, 0.29) is 12.3 Å². The highest BCUT2D eigenvalue weighted by molar-refractivity contribution is 6.11. The summed E-state index contributed by atoms with van der Waals surface area (Å²) in [6.07, 6.45) is 0. The molecule has 1 aliphatic rings. The van der Waals surface area contributed by atoms with Crippen LogP contribution in [0.3, 0.4) is 0 Å². The molecule has 1 aliphatic heterocycles. The molecular weight excluding hydrogens is 342 g/mol. The molecule has 0 radical (unpaired) electrons. The second-order valence-electron chi connectivity index (χ2n) is 6.86. The minimum absolute atomic E-state index is 0.300. The number of hydrogen-bond donors (Lipinski definition) is 1. The fourth-order valence-electron chi connectivity index (χ4n) is 3.06. The van der Waals surface area contributed by atoms with Gasteiger partial charge in [-0.2, -0.15) is 5.26 Å². The number of hydrogen-bond acceptors (Lipinski definition) is 4. The Kier molecular flexibility index (Phi) is 4.54. The highest BCUT2D eigenvalue weighted by Gasteiger charge is 2.49. The number of amides is 3. The fraction of sp³-hybridized carbons (Fsp3) is 0.238. The van der Waals surface area contributed by atoms with Crippen LogP contribution in [0.2, 0.25) is 0 Å². The Morgan fingerprint density at radius 1 is 1.11 bits per heavy atom. The van der Waals surface area contributed by atoms with E-state index in [2.05, 4.69) is 5.32 Å². The number of urea groups is 1. The van der Waals surface area contributed by atoms with Gasteiger partial charge in [-0.15, -0.1) is 0 Å². The maximum Gasteiger partial charge on any atom is 0.325 e. The van der Waals surface area contributed by atoms with Crippen LogP contribution in [0.25, 0.3) is 0 Å². The molecule has 0 aromatic heterocycles. The summed E-state index contributed by atoms with van der Waals surface area (Å²) in [5.74, 6) is -0.792. The molecule has 27 heavy (non-hydrogen) atoms. The van der Waals surface area contributed by atoms with E-state index in [0.717, 1.165) is 16.0 Å². The van der Waals surface area contributed by atoms with Gasteiger partial charge in [-0.1, -0.05) is 24.3 Å². The largest absolute Gasteiger partial charge is 0.325 e. The van der Waals surface area contributed by atoms with E-state index in [1.807, 2.05) is 26.0 Å². The molecule has 1 saturated heterocycles. The third-order valence-corrected chi connectivity index (χ3v) is 5.00. The first-order valence-corrected chi connectivity index (χ1v) is 8.51. The highest BCUT2D eigenvalue weighted by Crippen LogP contribution is 2.29. The molecule has 1 N–H and O–H groups in total. The van der Waals surface area contributed by atoms with Crippen molar-refractivity contribution in [3.63, 3.8) is 0 Å². The van der Waals surface area contributed by atoms with Crippen LogP contribution in [0.1, 0.15) is 39.5 Å². The number of ketones is 1. The van der Waals surface area contributed by atoms with Crippen LogP contribution in [0, 0.1) is 25.2 Å². The third-order valence-electron chi connectivity index (χ3n) is 5.00. The van der Waals surface area contributed by atoms with Crippen molar-refractivity contribution in [2.45, 2.75) is 26.3 Å². The number of Topliss-reactive ketones (excluding diaryl/α,β-unsaturated/α-hetero) is 1. The lowest BCUT2D eigenvalue weighted by Gasteiger charge is -2.22. The number of nitrogens with one attached hydrogen (secondary N) is 1. The number of aryl methyl sites for hydroxylation is 2. The van der Waals surface area contributed by atoms with E-state index in [9.17, 15) is 14.4 Å². The Morgan fingerprint density at radius 2 is 1.78 bits per heavy atom. The maximum absolute atomic E-state index is 12.9. The van der Waals surface area contributed by atoms with Crippen molar-refractivity contribution in [3.05, 3.63) is 70.3 Å². The van der Waals surface area contributed by atoms with Gasteiger partial charge in [-0.25, -0.2) is 4.79 Å². The van der Waals surface area contributed by atoms with Crippen molar-refractivity contribution in [2.24, 2.45) is 0 Å². The van der Waals surface area contributed by atoms with E-state index in [4.69, 9.17) is 5.26 Å². The monoisotopic (exact) mass is 361 g/mol. The number of carbonyl (C=O) groups excluding carboxylic acids is 3. The van der Waals surface area contributed by atoms with E-state index < -0.39 is 17.5 Å². The molecule has 0 aliphatic carbocycles. The van der Waals surface area contributed by atoms with E-state index >= 15 is 0 Å². The summed E-state index contributed by atoms with van der Waals surface area (Å²) in [5, 5.41) is 11.6. The standard InChI is InChI=1S/C21H19N3O3/c1-13-4-7-16(10-14(13)2)18(25)12-24-19(26)21(3,23-20(24)27)17-8-5-15(11-22)6-9-17/h4-10H,12H2,1-3H3,(H,23,27). The van der Waals surface area contributed by atoms with E-state index in [1.165, 1.54) is 0 Å². The quantitative estimate of drug-likeness (QED) is 0.670. The molecule has 1 unspecified atom stereocenters. The smallest absolute Gasteiger partial charge is 0.319 e. The van der Waals surface area contributed by atoms with Crippen LogP contribution >= 0.6 is 0 Å². The van der Waals surface area contributed by atoms with Gasteiger partial charge in [0.2, 0.25) is 0 Å². The van der Waals surface area contributed by atoms with Crippen molar-refractivity contribution in [2.75, 3.05) is 6.54 Å². The van der Waals surface area contributed by atoms with Gasteiger partial charge in [-0.3, -0.25) is 14.5 Å². The maximum atomic E-state index is 12.9. The van der Waals surface area contributed by atoms with Gasteiger partial charge < -0.3 is 5.32 Å². The molecule has 0 bridgehead atoms. The summed E-state index contributed by atoms with van der Waals surface area (Å²) in [7, 11) is 0. The minimum atomic E-state index is -1.27. The number of imide groups is 1. The lowest BCUT2D eigenvalue weighted by atomic mass is 9.91. The molecule has 2 aromatic rings. The van der Waals surface area contributed by atoms with Crippen molar-refractivity contribution in [3.8, 4) is 6.07 Å². The Balaban J connectivity index is 1.84. The molecule has 1 fully saturated rings. The molecule has 1 heterocycles. The van der Waals surface area contributed by atoms with Crippen molar-refractivity contribution < 1.29 is 14.4 Å². The Hall–Kier alpha value is -3.46. The summed E-state index contributed by atoms with van der Waals surface area (Å²) in [4.78, 5) is 38.8. The Labute approximate surface area is 157 Å². The van der Waals surface area contributed by atoms with Crippen LogP contribution in [-0.4, -0.2) is 29.2 Å². The minimum Gasteiger partial charge on any atom is -0.319 e. The predicted octanol–water partition coefficient (Wildman–Crippen LogP) is 2.83. The van der Waals surface area contributed by atoms with E-state index in [1.54, 1.807) is 43.3 Å². The van der Waals surface area contributed by atoms with Gasteiger partial charge in [0.05, 0.1) is 18.2 Å². The van der Waals surface area contributed by atoms with Gasteiger partial charge in [0.25, 0.3) is 5.91 Å². The second-order valence-corrected chi connectivity index (χ2v) is 6.86. The number of nitriles is 1. The zero-order valence-corrected chi connectivity index (χ0v) is 15.4. The Bertz CT molecular complexity index is 989. The zero-order chi connectivity index (χ0) is 19.8. The summed E-state index contributed by atoms with van der Waals surface area (Å²) in [6.45, 7) is 5.13. The third kappa shape index (κ3) is 3.20. The molecule has 0 saturated carbocycles. The molecule has 3 rings (SSSR count). The summed E-state index contributed by atoms with van der Waals surface area (Å²) in [5.41, 5.74) is 2.25. The lowest BCUT2D eigenvalue weighted by molar-refractivity contribution is -0.130. The first kappa shape index (κ1) is 18.3. The van der Waals surface area contributed by atoms with Gasteiger partial charge >= 0.3 is 6.03 Å². The summed E-state index contributed by atoms with van der Waals surface area (Å²) in [6, 6.07) is 13.1. The molecule has 0 spiro atoms. The highest BCUT2D eigenvalue weighted by atomic mass is 16.2. The molecule has 6 heteroatoms. The second kappa shape index (κ2) is 6.69. The number of rotatable bonds is 4. The normalized spacial score (nSPS) is 19.0. The van der Waals surface area contributed by atoms with Gasteiger partial charge in [0.15, 0.2) is 5.78 Å². The van der Waals surface area contributed by atoms with Gasteiger partial charge in [0.1, 0.15) is 5.54 Å². The molecule has 136 valence electrons. The zero-order valence-electron chi connectivity index (χ0n) is 15.4. The first-order chi connectivity index (χ1) is 12.8. The van der Waals surface area contributed by atoms with Crippen LogP contribution in [-0.2, 0) is 10.3 Å². The van der Waals surface area contributed by atoms with Crippen LogP contribution < -0.4 is 5.32 Å². The van der Waals surface area contributed by atoms with Crippen molar-refractivity contribution in [1.29, 1.82) is 5.26 Å². The number of nitrogens with zero attached hydrogens (tertiary/aromatic N) is 2. The van der Waals surface area contributed by atoms with Crippen LogP contribution in [0.15, 0.2) is 42.5 Å². The van der Waals surface area contributed by atoms with Gasteiger partial charge in [-0.05, 0) is 55.7 Å². The SMILES string of the molecule is Cc1ccc(C(=O)CN2C(=O)NC(C)(c3ccc(C#N)cc3)C2=O)cc1C. The topological polar surface area (TPSA) is 90.3 Å². The summed E-state index contributed by atoms with van der Waals surface area (Å²) < 4.78 is 0. The molecule has 3 amide bonds. The molecular formula is C21H19N3O3. The van der Waals surface area contributed by atoms with Gasteiger partial charge in [0, 0.05) is 5.56 Å². The van der Waals surface area contributed by atoms with E-state index in [0.29, 0.717) is 16.7 Å². The van der Waals surface area contributed by atoms with Crippen LogP contribution in [0.4, 0.5) is 4.79 Å². The average molecular weight is 361 g/mol. The van der Waals surface area contributed by atoms with Crippen molar-refractivity contribution >= 4 is 17.7 Å². The molecule has 2 aromatic carbocycles. The molecule has 6 nitrogen and oxygen atoms in total.